The van der Waals surface area contributed by atoms with Gasteiger partial charge in [0.25, 0.3) is 0 Å². The van der Waals surface area contributed by atoms with Gasteiger partial charge in [-0.15, -0.1) is 0 Å². The Hall–Kier alpha value is -2.78. The molecule has 2 aromatic rings. The van der Waals surface area contributed by atoms with Gasteiger partial charge in [0.15, 0.2) is 0 Å². The molecule has 3 unspecified atom stereocenters. The van der Waals surface area contributed by atoms with Gasteiger partial charge in [-0.1, -0.05) is 11.8 Å². The molecule has 0 aliphatic carbocycles. The molecule has 31 heavy (non-hydrogen) atoms. The summed E-state index contributed by atoms with van der Waals surface area (Å²) in [5.74, 6) is 0.683. The van der Waals surface area contributed by atoms with Crippen molar-refractivity contribution in [1.82, 2.24) is 20.9 Å². The number of carbonyl (C=O) groups is 2. The van der Waals surface area contributed by atoms with Crippen LogP contribution in [0.5, 0.6) is 5.75 Å². The lowest BCUT2D eigenvalue weighted by molar-refractivity contribution is -0.121. The highest BCUT2D eigenvalue weighted by molar-refractivity contribution is 8.01. The minimum absolute atomic E-state index is 0.0537. The van der Waals surface area contributed by atoms with Crippen LogP contribution >= 0.6 is 11.8 Å². The lowest BCUT2D eigenvalue weighted by atomic mass is 9.99. The van der Waals surface area contributed by atoms with Crippen molar-refractivity contribution < 1.29 is 14.3 Å². The Morgan fingerprint density at radius 3 is 2.94 bits per heavy atom. The van der Waals surface area contributed by atoms with E-state index in [1.165, 1.54) is 11.8 Å². The second kappa shape index (κ2) is 8.05. The Labute approximate surface area is 185 Å². The average molecular weight is 440 g/mol. The van der Waals surface area contributed by atoms with Crippen LogP contribution in [0.1, 0.15) is 30.0 Å². The maximum absolute atomic E-state index is 13.2. The van der Waals surface area contributed by atoms with E-state index in [1.54, 1.807) is 18.2 Å². The first-order chi connectivity index (χ1) is 15.1. The van der Waals surface area contributed by atoms with Gasteiger partial charge in [0, 0.05) is 24.3 Å². The van der Waals surface area contributed by atoms with E-state index in [2.05, 4.69) is 20.9 Å². The zero-order valence-electron chi connectivity index (χ0n) is 17.5. The predicted molar refractivity (Wildman–Crippen MR) is 119 cm³/mol. The molecule has 1 fully saturated rings. The molecule has 1 aromatic heterocycles. The smallest absolute Gasteiger partial charge is 0.327 e. The summed E-state index contributed by atoms with van der Waals surface area (Å²) >= 11 is 1.42. The SMILES string of the molecule is COc1ccc(N2C(=O)NC3c4c2ccnc4SC3C(=O)NC2CCCNC2)c(C)c1. The first kappa shape index (κ1) is 20.1. The molecule has 3 aliphatic rings. The van der Waals surface area contributed by atoms with Gasteiger partial charge < -0.3 is 20.7 Å². The molecular formula is C22H25N5O3S. The summed E-state index contributed by atoms with van der Waals surface area (Å²) in [6.45, 7) is 3.71. The average Bonchev–Trinajstić information content (AvgIpc) is 3.15. The van der Waals surface area contributed by atoms with Gasteiger partial charge in [-0.3, -0.25) is 9.69 Å². The van der Waals surface area contributed by atoms with E-state index in [4.69, 9.17) is 4.74 Å². The van der Waals surface area contributed by atoms with Crippen LogP contribution in [0.3, 0.4) is 0 Å². The maximum Gasteiger partial charge on any atom is 0.327 e. The van der Waals surface area contributed by atoms with Crippen LogP contribution in [0.4, 0.5) is 16.2 Å². The van der Waals surface area contributed by atoms with E-state index < -0.39 is 11.3 Å². The number of hydrogen-bond donors (Lipinski definition) is 3. The summed E-state index contributed by atoms with van der Waals surface area (Å²) in [7, 11) is 1.62. The lowest BCUT2D eigenvalue weighted by Gasteiger charge is -2.35. The molecule has 3 aliphatic heterocycles. The number of anilines is 2. The summed E-state index contributed by atoms with van der Waals surface area (Å²) in [5.41, 5.74) is 3.37. The number of piperidine rings is 1. The number of carbonyl (C=O) groups excluding carboxylic acids is 2. The molecule has 0 spiro atoms. The minimum Gasteiger partial charge on any atom is -0.497 e. The monoisotopic (exact) mass is 439 g/mol. The van der Waals surface area contributed by atoms with Crippen LogP contribution in [0.2, 0.25) is 0 Å². The first-order valence-corrected chi connectivity index (χ1v) is 11.4. The maximum atomic E-state index is 13.2. The first-order valence-electron chi connectivity index (χ1n) is 10.5. The largest absolute Gasteiger partial charge is 0.497 e. The van der Waals surface area contributed by atoms with E-state index in [1.807, 2.05) is 31.2 Å². The van der Waals surface area contributed by atoms with Gasteiger partial charge in [-0.2, -0.15) is 0 Å². The van der Waals surface area contributed by atoms with Crippen LogP contribution in [0.25, 0.3) is 0 Å². The highest BCUT2D eigenvalue weighted by Crippen LogP contribution is 2.51. The molecule has 3 N–H and O–H groups in total. The van der Waals surface area contributed by atoms with Crippen molar-refractivity contribution in [2.24, 2.45) is 0 Å². The van der Waals surface area contributed by atoms with Crippen LogP contribution in [-0.2, 0) is 4.79 Å². The number of amides is 3. The Kier molecular flexibility index (Phi) is 5.23. The molecule has 3 amide bonds. The molecule has 9 heteroatoms. The van der Waals surface area contributed by atoms with Crippen molar-refractivity contribution in [1.29, 1.82) is 0 Å². The normalized spacial score (nSPS) is 24.4. The molecule has 0 bridgehead atoms. The standard InChI is InChI=1S/C22H25N5O3S/c1-12-10-14(30-2)5-6-15(12)27-16-7-9-24-21-17(16)18(26-22(27)29)19(31-21)20(28)25-13-4-3-8-23-11-13/h5-7,9-10,13,18-19,23H,3-4,8,11H2,1-2H3,(H,25,28)(H,26,29). The summed E-state index contributed by atoms with van der Waals surface area (Å²) in [5, 5.41) is 9.89. The number of nitrogens with zero attached hydrogens (tertiary/aromatic N) is 2. The van der Waals surface area contributed by atoms with Gasteiger partial charge in [0.2, 0.25) is 5.91 Å². The topological polar surface area (TPSA) is 95.6 Å². The summed E-state index contributed by atoms with van der Waals surface area (Å²) in [6, 6.07) is 6.94. The number of urea groups is 1. The number of benzene rings is 1. The quantitative estimate of drug-likeness (QED) is 0.678. The fourth-order valence-corrected chi connectivity index (χ4v) is 5.76. The van der Waals surface area contributed by atoms with E-state index in [0.29, 0.717) is 0 Å². The number of methoxy groups -OCH3 is 1. The Morgan fingerprint density at radius 2 is 2.19 bits per heavy atom. The zero-order valence-corrected chi connectivity index (χ0v) is 18.3. The van der Waals surface area contributed by atoms with Crippen molar-refractivity contribution in [3.8, 4) is 5.75 Å². The van der Waals surface area contributed by atoms with Crippen molar-refractivity contribution in [2.45, 2.75) is 42.1 Å². The van der Waals surface area contributed by atoms with Crippen molar-refractivity contribution >= 4 is 35.1 Å². The number of rotatable bonds is 4. The van der Waals surface area contributed by atoms with E-state index in [0.717, 1.165) is 59.2 Å². The van der Waals surface area contributed by atoms with Gasteiger partial charge in [0.05, 0.1) is 24.5 Å². The van der Waals surface area contributed by atoms with E-state index >= 15 is 0 Å². The molecule has 1 aromatic carbocycles. The fourth-order valence-electron chi connectivity index (χ4n) is 4.53. The fraction of sp³-hybridized carbons (Fsp3) is 0.409. The molecular weight excluding hydrogens is 414 g/mol. The molecule has 0 radical (unpaired) electrons. The Morgan fingerprint density at radius 1 is 1.32 bits per heavy atom. The van der Waals surface area contributed by atoms with Gasteiger partial charge in [-0.05, 0) is 56.1 Å². The molecule has 1 saturated heterocycles. The summed E-state index contributed by atoms with van der Waals surface area (Å²) in [4.78, 5) is 32.5. The zero-order chi connectivity index (χ0) is 21.5. The second-order valence-electron chi connectivity index (χ2n) is 8.05. The molecule has 3 atom stereocenters. The third-order valence-electron chi connectivity index (χ3n) is 6.05. The predicted octanol–water partition coefficient (Wildman–Crippen LogP) is 2.64. The highest BCUT2D eigenvalue weighted by atomic mass is 32.2. The van der Waals surface area contributed by atoms with Crippen LogP contribution < -0.4 is 25.6 Å². The van der Waals surface area contributed by atoms with Crippen LogP contribution in [0, 0.1) is 6.92 Å². The number of thioether (sulfide) groups is 1. The van der Waals surface area contributed by atoms with E-state index in [9.17, 15) is 9.59 Å². The summed E-state index contributed by atoms with van der Waals surface area (Å²) < 4.78 is 5.30. The lowest BCUT2D eigenvalue weighted by Crippen LogP contribution is -2.52. The van der Waals surface area contributed by atoms with Crippen LogP contribution in [0.15, 0.2) is 35.5 Å². The van der Waals surface area contributed by atoms with Crippen molar-refractivity contribution in [2.75, 3.05) is 25.1 Å². The van der Waals surface area contributed by atoms with Gasteiger partial charge in [-0.25, -0.2) is 9.78 Å². The van der Waals surface area contributed by atoms with E-state index in [-0.39, 0.29) is 18.0 Å². The second-order valence-corrected chi connectivity index (χ2v) is 9.18. The Bertz CT molecular complexity index is 1040. The number of pyridine rings is 1. The van der Waals surface area contributed by atoms with Gasteiger partial charge >= 0.3 is 6.03 Å². The Balaban J connectivity index is 1.46. The number of aryl methyl sites for hydroxylation is 1. The van der Waals surface area contributed by atoms with Crippen molar-refractivity contribution in [3.63, 3.8) is 0 Å². The third-order valence-corrected chi connectivity index (χ3v) is 7.34. The summed E-state index contributed by atoms with van der Waals surface area (Å²) in [6.07, 6.45) is 3.72. The molecule has 4 heterocycles. The molecule has 162 valence electrons. The highest BCUT2D eigenvalue weighted by Gasteiger charge is 2.47. The van der Waals surface area contributed by atoms with Gasteiger partial charge in [0.1, 0.15) is 16.0 Å². The number of nitrogens with one attached hydrogen (secondary N) is 3. The molecule has 5 rings (SSSR count). The number of ether oxygens (including phenoxy) is 1. The van der Waals surface area contributed by atoms with Crippen molar-refractivity contribution in [3.05, 3.63) is 41.6 Å². The number of aromatic nitrogens is 1. The molecule has 8 nitrogen and oxygen atoms in total. The third kappa shape index (κ3) is 3.51. The molecule has 0 saturated carbocycles. The van der Waals surface area contributed by atoms with Crippen LogP contribution in [-0.4, -0.2) is 48.4 Å². The minimum atomic E-state index is -0.436. The number of hydrogen-bond acceptors (Lipinski definition) is 6.